The molecule has 3 nitrogen and oxygen atoms in total. The predicted molar refractivity (Wildman–Crippen MR) is 68.4 cm³/mol. The van der Waals surface area contributed by atoms with Crippen molar-refractivity contribution < 1.29 is 9.47 Å². The van der Waals surface area contributed by atoms with Crippen molar-refractivity contribution in [2.45, 2.75) is 38.5 Å². The van der Waals surface area contributed by atoms with Crippen LogP contribution < -0.4 is 10.1 Å². The van der Waals surface area contributed by atoms with Crippen LogP contribution in [0.15, 0.2) is 24.3 Å². The molecule has 2 rings (SSSR count). The SMILES string of the molecule is COC(C)CNC1c2ccccc2OC1(C)C. The highest BCUT2D eigenvalue weighted by molar-refractivity contribution is 5.42. The summed E-state index contributed by atoms with van der Waals surface area (Å²) in [6.45, 7) is 7.11. The van der Waals surface area contributed by atoms with Crippen molar-refractivity contribution in [1.29, 1.82) is 0 Å². The molecule has 1 aromatic rings. The summed E-state index contributed by atoms with van der Waals surface area (Å²) in [6.07, 6.45) is 0.207. The van der Waals surface area contributed by atoms with Crippen LogP contribution in [-0.2, 0) is 4.74 Å². The molecular weight excluding hydrogens is 214 g/mol. The lowest BCUT2D eigenvalue weighted by molar-refractivity contribution is 0.0761. The minimum absolute atomic E-state index is 0.207. The zero-order chi connectivity index (χ0) is 12.5. The molecule has 1 heterocycles. The van der Waals surface area contributed by atoms with E-state index in [1.807, 2.05) is 12.1 Å². The maximum atomic E-state index is 5.97. The first kappa shape index (κ1) is 12.4. The number of para-hydroxylation sites is 1. The summed E-state index contributed by atoms with van der Waals surface area (Å²) in [5, 5.41) is 3.53. The molecule has 1 aromatic carbocycles. The molecule has 0 radical (unpaired) electrons. The van der Waals surface area contributed by atoms with E-state index in [4.69, 9.17) is 9.47 Å². The van der Waals surface area contributed by atoms with E-state index in [2.05, 4.69) is 38.2 Å². The van der Waals surface area contributed by atoms with E-state index in [-0.39, 0.29) is 17.7 Å². The lowest BCUT2D eigenvalue weighted by Crippen LogP contribution is -2.41. The van der Waals surface area contributed by atoms with Gasteiger partial charge in [0.15, 0.2) is 0 Å². The summed E-state index contributed by atoms with van der Waals surface area (Å²) in [5.41, 5.74) is 1.03. The van der Waals surface area contributed by atoms with Crippen molar-refractivity contribution in [3.63, 3.8) is 0 Å². The maximum absolute atomic E-state index is 5.97. The Labute approximate surface area is 103 Å². The lowest BCUT2D eigenvalue weighted by atomic mass is 9.94. The largest absolute Gasteiger partial charge is 0.486 e. The molecule has 2 atom stereocenters. The van der Waals surface area contributed by atoms with Crippen LogP contribution in [0.3, 0.4) is 0 Å². The second-order valence-electron chi connectivity index (χ2n) is 5.13. The number of fused-ring (bicyclic) bond motifs is 1. The number of benzene rings is 1. The van der Waals surface area contributed by atoms with Crippen LogP contribution in [0.1, 0.15) is 32.4 Å². The fraction of sp³-hybridized carbons (Fsp3) is 0.571. The Kier molecular flexibility index (Phi) is 3.40. The van der Waals surface area contributed by atoms with Crippen LogP contribution in [-0.4, -0.2) is 25.4 Å². The summed E-state index contributed by atoms with van der Waals surface area (Å²) in [5.74, 6) is 0.986. The molecular formula is C14H21NO2. The van der Waals surface area contributed by atoms with E-state index in [1.54, 1.807) is 7.11 Å². The molecule has 2 unspecified atom stereocenters. The highest BCUT2D eigenvalue weighted by Gasteiger charge is 2.40. The van der Waals surface area contributed by atoms with Gasteiger partial charge in [0.05, 0.1) is 12.1 Å². The van der Waals surface area contributed by atoms with Crippen molar-refractivity contribution in [1.82, 2.24) is 5.32 Å². The molecule has 0 spiro atoms. The quantitative estimate of drug-likeness (QED) is 0.870. The van der Waals surface area contributed by atoms with Crippen LogP contribution in [0.2, 0.25) is 0 Å². The third-order valence-electron chi connectivity index (χ3n) is 3.31. The molecule has 0 aliphatic carbocycles. The lowest BCUT2D eigenvalue weighted by Gasteiger charge is -2.28. The molecule has 0 aromatic heterocycles. The second-order valence-corrected chi connectivity index (χ2v) is 5.13. The first-order valence-electron chi connectivity index (χ1n) is 6.08. The molecule has 1 N–H and O–H groups in total. The Morgan fingerprint density at radius 2 is 2.12 bits per heavy atom. The zero-order valence-electron chi connectivity index (χ0n) is 11.0. The Bertz CT molecular complexity index is 390. The minimum Gasteiger partial charge on any atom is -0.486 e. The van der Waals surface area contributed by atoms with E-state index < -0.39 is 0 Å². The molecule has 0 saturated heterocycles. The molecule has 0 bridgehead atoms. The summed E-state index contributed by atoms with van der Waals surface area (Å²) in [4.78, 5) is 0. The van der Waals surface area contributed by atoms with Gasteiger partial charge in [-0.1, -0.05) is 18.2 Å². The van der Waals surface area contributed by atoms with Crippen LogP contribution in [0, 0.1) is 0 Å². The van der Waals surface area contributed by atoms with Gasteiger partial charge in [0.2, 0.25) is 0 Å². The van der Waals surface area contributed by atoms with Crippen molar-refractivity contribution in [3.8, 4) is 5.75 Å². The van der Waals surface area contributed by atoms with Gasteiger partial charge in [-0.2, -0.15) is 0 Å². The normalized spacial score (nSPS) is 22.9. The first-order valence-corrected chi connectivity index (χ1v) is 6.08. The van der Waals surface area contributed by atoms with E-state index >= 15 is 0 Å². The monoisotopic (exact) mass is 235 g/mol. The van der Waals surface area contributed by atoms with Crippen molar-refractivity contribution in [3.05, 3.63) is 29.8 Å². The number of nitrogens with one attached hydrogen (secondary N) is 1. The minimum atomic E-state index is -0.211. The predicted octanol–water partition coefficient (Wildman–Crippen LogP) is 2.52. The molecule has 0 fully saturated rings. The third kappa shape index (κ3) is 2.45. The zero-order valence-corrected chi connectivity index (χ0v) is 11.0. The standard InChI is InChI=1S/C14H21NO2/c1-10(16-4)9-15-13-11-7-5-6-8-12(11)17-14(13,2)3/h5-8,10,13,15H,9H2,1-4H3. The number of methoxy groups -OCH3 is 1. The summed E-state index contributed by atoms with van der Waals surface area (Å²) < 4.78 is 11.2. The number of hydrogen-bond donors (Lipinski definition) is 1. The van der Waals surface area contributed by atoms with Gasteiger partial charge in [-0.25, -0.2) is 0 Å². The summed E-state index contributed by atoms with van der Waals surface area (Å²) in [6, 6.07) is 8.43. The van der Waals surface area contributed by atoms with Crippen molar-refractivity contribution in [2.24, 2.45) is 0 Å². The van der Waals surface area contributed by atoms with Crippen molar-refractivity contribution >= 4 is 0 Å². The number of ether oxygens (including phenoxy) is 2. The van der Waals surface area contributed by atoms with Gasteiger partial charge >= 0.3 is 0 Å². The van der Waals surface area contributed by atoms with Gasteiger partial charge < -0.3 is 14.8 Å². The molecule has 1 aliphatic heterocycles. The Morgan fingerprint density at radius 1 is 1.41 bits per heavy atom. The van der Waals surface area contributed by atoms with Gasteiger partial charge in [-0.3, -0.25) is 0 Å². The van der Waals surface area contributed by atoms with Crippen LogP contribution >= 0.6 is 0 Å². The van der Waals surface area contributed by atoms with Gasteiger partial charge in [-0.15, -0.1) is 0 Å². The highest BCUT2D eigenvalue weighted by Crippen LogP contribution is 2.42. The second kappa shape index (κ2) is 4.67. The van der Waals surface area contributed by atoms with E-state index in [0.29, 0.717) is 0 Å². The number of hydrogen-bond acceptors (Lipinski definition) is 3. The van der Waals surface area contributed by atoms with E-state index in [9.17, 15) is 0 Å². The topological polar surface area (TPSA) is 30.5 Å². The fourth-order valence-electron chi connectivity index (χ4n) is 2.25. The molecule has 0 saturated carbocycles. The van der Waals surface area contributed by atoms with E-state index in [1.165, 1.54) is 5.56 Å². The fourth-order valence-corrected chi connectivity index (χ4v) is 2.25. The summed E-state index contributed by atoms with van der Waals surface area (Å²) in [7, 11) is 1.73. The van der Waals surface area contributed by atoms with Crippen LogP contribution in [0.5, 0.6) is 5.75 Å². The Morgan fingerprint density at radius 3 is 2.82 bits per heavy atom. The average molecular weight is 235 g/mol. The first-order chi connectivity index (χ1) is 8.04. The smallest absolute Gasteiger partial charge is 0.125 e. The Balaban J connectivity index is 2.14. The number of rotatable bonds is 4. The summed E-state index contributed by atoms with van der Waals surface area (Å²) >= 11 is 0. The average Bonchev–Trinajstić information content (AvgIpc) is 2.56. The van der Waals surface area contributed by atoms with Gasteiger partial charge in [-0.05, 0) is 26.8 Å². The van der Waals surface area contributed by atoms with Crippen LogP contribution in [0.25, 0.3) is 0 Å². The van der Waals surface area contributed by atoms with Gasteiger partial charge in [0.25, 0.3) is 0 Å². The third-order valence-corrected chi connectivity index (χ3v) is 3.31. The van der Waals surface area contributed by atoms with E-state index in [0.717, 1.165) is 12.3 Å². The Hall–Kier alpha value is -1.06. The molecule has 17 heavy (non-hydrogen) atoms. The maximum Gasteiger partial charge on any atom is 0.125 e. The van der Waals surface area contributed by atoms with Gasteiger partial charge in [0.1, 0.15) is 11.4 Å². The van der Waals surface area contributed by atoms with Crippen molar-refractivity contribution in [2.75, 3.05) is 13.7 Å². The molecule has 0 amide bonds. The molecule has 1 aliphatic rings. The molecule has 94 valence electrons. The highest BCUT2D eigenvalue weighted by atomic mass is 16.5. The molecule has 3 heteroatoms. The van der Waals surface area contributed by atoms with Gasteiger partial charge in [0, 0.05) is 19.2 Å². The van der Waals surface area contributed by atoms with Crippen LogP contribution in [0.4, 0.5) is 0 Å².